The predicted molar refractivity (Wildman–Crippen MR) is 14.4 cm³/mol. The molecule has 0 heterocycles. The van der Waals surface area contributed by atoms with Crippen LogP contribution in [-0.4, -0.2) is 60.5 Å². The molecule has 0 spiro atoms. The SMILES string of the molecule is O=CO.[Ba]. The van der Waals surface area contributed by atoms with Gasteiger partial charge in [-0.15, -0.1) is 0 Å². The van der Waals surface area contributed by atoms with E-state index in [2.05, 4.69) is 0 Å². The molecule has 0 aromatic carbocycles. The summed E-state index contributed by atoms with van der Waals surface area (Å²) in [5.74, 6) is 0. The molecule has 0 unspecified atom stereocenters. The van der Waals surface area contributed by atoms with Crippen LogP contribution < -0.4 is 0 Å². The van der Waals surface area contributed by atoms with Gasteiger partial charge in [-0.3, -0.25) is 4.79 Å². The fourth-order valence-corrected chi connectivity index (χ4v) is 0. The van der Waals surface area contributed by atoms with Gasteiger partial charge in [-0.05, 0) is 0 Å². The van der Waals surface area contributed by atoms with Gasteiger partial charge in [0.1, 0.15) is 0 Å². The quantitative estimate of drug-likeness (QED) is 0.399. The third-order valence-electron chi connectivity index (χ3n) is 0. The smallest absolute Gasteiger partial charge is 0.290 e. The first-order chi connectivity index (χ1) is 1.41. The molecule has 0 saturated carbocycles. The minimum Gasteiger partial charge on any atom is -0.483 e. The largest absolute Gasteiger partial charge is 0.483 e. The fraction of sp³-hybridized carbons (Fsp3) is 0. The van der Waals surface area contributed by atoms with Crippen LogP contribution in [0, 0.1) is 0 Å². The number of carboxylic acid groups (broad SMARTS) is 1. The maximum Gasteiger partial charge on any atom is 0.290 e. The normalized spacial score (nSPS) is 3.00. The van der Waals surface area contributed by atoms with Crippen molar-refractivity contribution in [2.75, 3.05) is 0 Å². The molecule has 0 aliphatic rings. The summed E-state index contributed by atoms with van der Waals surface area (Å²) >= 11 is 0. The van der Waals surface area contributed by atoms with Crippen LogP contribution in [0.5, 0.6) is 0 Å². The first-order valence-electron chi connectivity index (χ1n) is 0.494. The van der Waals surface area contributed by atoms with Crippen molar-refractivity contribution in [3.63, 3.8) is 0 Å². The van der Waals surface area contributed by atoms with Crippen molar-refractivity contribution in [3.8, 4) is 0 Å². The standard InChI is InChI=1S/CH2O2.Ba/c2-1-3;/h1H,(H,2,3);. The van der Waals surface area contributed by atoms with Crippen LogP contribution >= 0.6 is 0 Å². The summed E-state index contributed by atoms with van der Waals surface area (Å²) in [6.07, 6.45) is 0. The van der Waals surface area contributed by atoms with E-state index in [1.807, 2.05) is 0 Å². The average molecular weight is 183 g/mol. The average Bonchev–Trinajstić information content (AvgIpc) is 0.918. The molecular weight excluding hydrogens is 181 g/mol. The monoisotopic (exact) mass is 184 g/mol. The van der Waals surface area contributed by atoms with Gasteiger partial charge in [-0.25, -0.2) is 0 Å². The van der Waals surface area contributed by atoms with Crippen molar-refractivity contribution < 1.29 is 9.90 Å². The van der Waals surface area contributed by atoms with E-state index in [4.69, 9.17) is 9.90 Å². The molecule has 0 fully saturated rings. The van der Waals surface area contributed by atoms with Gasteiger partial charge >= 0.3 is 0 Å². The Bertz CT molecular complexity index is 13.5. The molecule has 0 aromatic rings. The zero-order valence-electron chi connectivity index (χ0n) is 2.14. The van der Waals surface area contributed by atoms with E-state index in [9.17, 15) is 0 Å². The van der Waals surface area contributed by atoms with Crippen LogP contribution in [0.4, 0.5) is 0 Å². The molecule has 0 bridgehead atoms. The summed E-state index contributed by atoms with van der Waals surface area (Å²) < 4.78 is 0. The van der Waals surface area contributed by atoms with Gasteiger partial charge in [-0.1, -0.05) is 0 Å². The Morgan fingerprint density at radius 3 is 1.75 bits per heavy atom. The summed E-state index contributed by atoms with van der Waals surface area (Å²) in [5, 5.41) is 6.89. The molecule has 0 aromatic heterocycles. The molecule has 2 nitrogen and oxygen atoms in total. The number of carbonyl (C=O) groups is 1. The van der Waals surface area contributed by atoms with Crippen molar-refractivity contribution in [2.45, 2.75) is 0 Å². The summed E-state index contributed by atoms with van der Waals surface area (Å²) in [7, 11) is 0. The molecular formula is CH2BaO2. The molecule has 2 radical (unpaired) electrons. The van der Waals surface area contributed by atoms with Crippen molar-refractivity contribution in [2.24, 2.45) is 0 Å². The fourth-order valence-electron chi connectivity index (χ4n) is 0. The van der Waals surface area contributed by atoms with E-state index in [-0.39, 0.29) is 55.4 Å². The Hall–Kier alpha value is 1.04. The van der Waals surface area contributed by atoms with E-state index in [0.29, 0.717) is 0 Å². The number of hydrogen-bond donors (Lipinski definition) is 1. The zero-order valence-corrected chi connectivity index (χ0v) is 6.58. The van der Waals surface area contributed by atoms with Gasteiger partial charge in [-0.2, -0.15) is 0 Å². The Morgan fingerprint density at radius 2 is 1.75 bits per heavy atom. The van der Waals surface area contributed by atoms with Gasteiger partial charge < -0.3 is 5.11 Å². The Kier molecular flexibility index (Phi) is 20.0. The minimum atomic E-state index is -0.250. The maximum atomic E-state index is 8.36. The van der Waals surface area contributed by atoms with E-state index in [0.717, 1.165) is 0 Å². The predicted octanol–water partition coefficient (Wildman–Crippen LogP) is -0.680. The second-order valence-corrected chi connectivity index (χ2v) is 0.105. The zero-order chi connectivity index (χ0) is 2.71. The molecule has 3 heteroatoms. The van der Waals surface area contributed by atoms with Gasteiger partial charge in [0.2, 0.25) is 0 Å². The van der Waals surface area contributed by atoms with Crippen LogP contribution in [0.25, 0.3) is 0 Å². The van der Waals surface area contributed by atoms with Gasteiger partial charge in [0.05, 0.1) is 0 Å². The first-order valence-corrected chi connectivity index (χ1v) is 0.494. The van der Waals surface area contributed by atoms with Crippen molar-refractivity contribution in [1.29, 1.82) is 0 Å². The van der Waals surface area contributed by atoms with Gasteiger partial charge in [0, 0.05) is 48.9 Å². The van der Waals surface area contributed by atoms with Crippen molar-refractivity contribution >= 4 is 55.4 Å². The molecule has 0 amide bonds. The maximum absolute atomic E-state index is 8.36. The van der Waals surface area contributed by atoms with E-state index >= 15 is 0 Å². The van der Waals surface area contributed by atoms with Crippen LogP contribution in [0.2, 0.25) is 0 Å². The molecule has 1 N–H and O–H groups in total. The molecule has 20 valence electrons. The summed E-state index contributed by atoms with van der Waals surface area (Å²) in [5.41, 5.74) is 0. The molecule has 0 aliphatic carbocycles. The van der Waals surface area contributed by atoms with Gasteiger partial charge in [0.15, 0.2) is 0 Å². The van der Waals surface area contributed by atoms with Crippen molar-refractivity contribution in [1.82, 2.24) is 0 Å². The Labute approximate surface area is 64.3 Å². The molecule has 0 saturated heterocycles. The van der Waals surface area contributed by atoms with Crippen LogP contribution in [0.15, 0.2) is 0 Å². The van der Waals surface area contributed by atoms with Crippen molar-refractivity contribution in [3.05, 3.63) is 0 Å². The molecule has 0 atom stereocenters. The molecule has 4 heavy (non-hydrogen) atoms. The summed E-state index contributed by atoms with van der Waals surface area (Å²) in [4.78, 5) is 8.36. The Morgan fingerprint density at radius 1 is 1.75 bits per heavy atom. The first kappa shape index (κ1) is 8.90. The minimum absolute atomic E-state index is 0. The second kappa shape index (κ2) is 8.97. The molecule has 0 aliphatic heterocycles. The van der Waals surface area contributed by atoms with Crippen LogP contribution in [0.1, 0.15) is 0 Å². The van der Waals surface area contributed by atoms with E-state index < -0.39 is 0 Å². The van der Waals surface area contributed by atoms with Gasteiger partial charge in [0.25, 0.3) is 6.47 Å². The number of rotatable bonds is 0. The van der Waals surface area contributed by atoms with E-state index in [1.54, 1.807) is 0 Å². The topological polar surface area (TPSA) is 37.3 Å². The van der Waals surface area contributed by atoms with E-state index in [1.165, 1.54) is 0 Å². The third kappa shape index (κ3) is 11.7. The van der Waals surface area contributed by atoms with Crippen LogP contribution in [0.3, 0.4) is 0 Å². The Balaban J connectivity index is 0. The third-order valence-corrected chi connectivity index (χ3v) is 0. The second-order valence-electron chi connectivity index (χ2n) is 0.105. The van der Waals surface area contributed by atoms with Crippen LogP contribution in [-0.2, 0) is 4.79 Å². The summed E-state index contributed by atoms with van der Waals surface area (Å²) in [6, 6.07) is 0. The molecule has 0 rings (SSSR count). The summed E-state index contributed by atoms with van der Waals surface area (Å²) in [6.45, 7) is -0.250. The number of hydrogen-bond acceptors (Lipinski definition) is 1.